The third-order valence-electron chi connectivity index (χ3n) is 4.82. The molecule has 1 fully saturated rings. The molecule has 1 aliphatic carbocycles. The van der Waals surface area contributed by atoms with E-state index in [0.717, 1.165) is 41.3 Å². The summed E-state index contributed by atoms with van der Waals surface area (Å²) in [5.74, 6) is 1.22. The summed E-state index contributed by atoms with van der Waals surface area (Å²) in [6.45, 7) is 9.85. The number of amidine groups is 1. The predicted molar refractivity (Wildman–Crippen MR) is 144 cm³/mol. The fourth-order valence-corrected chi connectivity index (χ4v) is 4.21. The normalized spacial score (nSPS) is 13.4. The quantitative estimate of drug-likeness (QED) is 0.160. The zero-order chi connectivity index (χ0) is 25.6. The Hall–Kier alpha value is -3.11. The second-order valence-electron chi connectivity index (χ2n) is 7.19. The second-order valence-corrected chi connectivity index (χ2v) is 8.28. The molecule has 4 rings (SSSR count). The van der Waals surface area contributed by atoms with E-state index >= 15 is 0 Å². The highest BCUT2D eigenvalue weighted by Gasteiger charge is 2.19. The molecule has 1 saturated carbocycles. The molecule has 1 amide bonds. The number of rotatable bonds is 6. The molecule has 0 unspecified atom stereocenters. The van der Waals surface area contributed by atoms with Crippen molar-refractivity contribution in [3.8, 4) is 0 Å². The first-order chi connectivity index (χ1) is 17.1. The minimum absolute atomic E-state index is 0.0438. The molecule has 0 spiro atoms. The highest BCUT2D eigenvalue weighted by molar-refractivity contribution is 7.99. The van der Waals surface area contributed by atoms with E-state index in [9.17, 15) is 4.79 Å². The van der Waals surface area contributed by atoms with E-state index in [4.69, 9.17) is 4.74 Å². The number of imidazole rings is 1. The molecular weight excluding hydrogens is 462 g/mol. The Labute approximate surface area is 212 Å². The van der Waals surface area contributed by atoms with Crippen LogP contribution in [0.1, 0.15) is 60.3 Å². The van der Waals surface area contributed by atoms with E-state index in [0.29, 0.717) is 17.5 Å². The molecule has 3 N–H and O–H groups in total. The summed E-state index contributed by atoms with van der Waals surface area (Å²) in [5.41, 5.74) is 7.25. The van der Waals surface area contributed by atoms with Crippen molar-refractivity contribution in [2.75, 3.05) is 12.4 Å². The number of anilines is 1. The average Bonchev–Trinajstić information content (AvgIpc) is 3.55. The largest absolute Gasteiger partial charge is 0.446 e. The Morgan fingerprint density at radius 2 is 1.83 bits per heavy atom. The fraction of sp³-hybridized carbons (Fsp3) is 0.440. The van der Waals surface area contributed by atoms with Gasteiger partial charge in [0.25, 0.3) is 0 Å². The molecule has 0 saturated heterocycles. The lowest BCUT2D eigenvalue weighted by molar-refractivity contribution is 0.114. The first kappa shape index (κ1) is 28.1. The smallest absolute Gasteiger partial charge is 0.411 e. The number of hydrogen-bond donors (Lipinski definition) is 3. The van der Waals surface area contributed by atoms with Crippen LogP contribution in [0.2, 0.25) is 0 Å². The SMILES string of the molecule is CC.CC.CNN/C(C)=N/c1nc(Sc2ccc(NC(=O)OC3CCCC3)cc2)cc2nccn12. The van der Waals surface area contributed by atoms with Crippen LogP contribution in [0, 0.1) is 0 Å². The first-order valence-corrected chi connectivity index (χ1v) is 13.0. The van der Waals surface area contributed by atoms with Crippen LogP contribution in [-0.2, 0) is 4.74 Å². The van der Waals surface area contributed by atoms with Gasteiger partial charge in [0.1, 0.15) is 22.6 Å². The van der Waals surface area contributed by atoms with Crippen molar-refractivity contribution in [3.63, 3.8) is 0 Å². The van der Waals surface area contributed by atoms with Gasteiger partial charge in [-0.2, -0.15) is 4.99 Å². The summed E-state index contributed by atoms with van der Waals surface area (Å²) in [6.07, 6.45) is 7.35. The van der Waals surface area contributed by atoms with Crippen LogP contribution in [-0.4, -0.2) is 39.4 Å². The number of fused-ring (bicyclic) bond motifs is 1. The maximum Gasteiger partial charge on any atom is 0.411 e. The molecule has 0 atom stereocenters. The number of ether oxygens (including phenoxy) is 1. The Bertz CT molecular complexity index is 1080. The summed E-state index contributed by atoms with van der Waals surface area (Å²) >= 11 is 1.50. The van der Waals surface area contributed by atoms with E-state index < -0.39 is 6.09 Å². The summed E-state index contributed by atoms with van der Waals surface area (Å²) in [6, 6.07) is 9.49. The van der Waals surface area contributed by atoms with Gasteiger partial charge in [-0.3, -0.25) is 9.72 Å². The van der Waals surface area contributed by atoms with Crippen molar-refractivity contribution < 1.29 is 9.53 Å². The van der Waals surface area contributed by atoms with E-state index in [2.05, 4.69) is 31.1 Å². The van der Waals surface area contributed by atoms with Crippen molar-refractivity contribution >= 4 is 41.0 Å². The van der Waals surface area contributed by atoms with Crippen LogP contribution in [0.5, 0.6) is 0 Å². The Morgan fingerprint density at radius 3 is 2.49 bits per heavy atom. The van der Waals surface area contributed by atoms with Gasteiger partial charge in [-0.25, -0.2) is 20.2 Å². The number of carbonyl (C=O) groups excluding carboxylic acids is 1. The maximum absolute atomic E-state index is 12.0. The molecule has 0 bridgehead atoms. The van der Waals surface area contributed by atoms with Crippen LogP contribution in [0.3, 0.4) is 0 Å². The minimum Gasteiger partial charge on any atom is -0.446 e. The standard InChI is InChI=1S/C21H25N7O2S.2C2H6/c1-14(27-22-2)24-20-26-19(13-18-23-11-12-28(18)20)31-17-9-7-15(8-10-17)25-21(29)30-16-5-3-4-6-16;2*1-2/h7-13,16,22H,3-6H2,1-2H3,(H,25,29)(H,24,26,27);2*1-2H3. The predicted octanol–water partition coefficient (Wildman–Crippen LogP) is 6.20. The lowest BCUT2D eigenvalue weighted by Crippen LogP contribution is -2.32. The molecule has 9 nitrogen and oxygen atoms in total. The minimum atomic E-state index is -0.397. The van der Waals surface area contributed by atoms with E-state index in [1.807, 2.05) is 75.5 Å². The monoisotopic (exact) mass is 499 g/mol. The molecule has 2 heterocycles. The van der Waals surface area contributed by atoms with Crippen LogP contribution >= 0.6 is 11.8 Å². The van der Waals surface area contributed by atoms with E-state index in [1.54, 1.807) is 13.2 Å². The van der Waals surface area contributed by atoms with Gasteiger partial charge in [0, 0.05) is 36.1 Å². The molecule has 0 aliphatic heterocycles. The number of amides is 1. The number of carbonyl (C=O) groups is 1. The molecule has 10 heteroatoms. The number of aromatic nitrogens is 3. The molecule has 3 aromatic rings. The Kier molecular flexibility index (Phi) is 12.1. The maximum atomic E-state index is 12.0. The van der Waals surface area contributed by atoms with Crippen LogP contribution < -0.4 is 16.2 Å². The van der Waals surface area contributed by atoms with Gasteiger partial charge in [-0.05, 0) is 56.9 Å². The number of aliphatic imine (C=N–C) groups is 1. The van der Waals surface area contributed by atoms with E-state index in [-0.39, 0.29) is 6.10 Å². The van der Waals surface area contributed by atoms with Crippen molar-refractivity contribution in [2.24, 2.45) is 4.99 Å². The van der Waals surface area contributed by atoms with Crippen LogP contribution in [0.15, 0.2) is 57.6 Å². The highest BCUT2D eigenvalue weighted by Crippen LogP contribution is 2.30. The van der Waals surface area contributed by atoms with Gasteiger partial charge in [0.15, 0.2) is 0 Å². The van der Waals surface area contributed by atoms with Gasteiger partial charge >= 0.3 is 6.09 Å². The lowest BCUT2D eigenvalue weighted by Gasteiger charge is -2.12. The molecule has 0 radical (unpaired) electrons. The first-order valence-electron chi connectivity index (χ1n) is 12.2. The lowest BCUT2D eigenvalue weighted by atomic mass is 10.3. The van der Waals surface area contributed by atoms with Crippen LogP contribution in [0.4, 0.5) is 16.4 Å². The summed E-state index contributed by atoms with van der Waals surface area (Å²) < 4.78 is 7.27. The van der Waals surface area contributed by atoms with Crippen molar-refractivity contribution in [1.29, 1.82) is 0 Å². The fourth-order valence-electron chi connectivity index (χ4n) is 3.41. The van der Waals surface area contributed by atoms with Gasteiger partial charge < -0.3 is 10.2 Å². The third kappa shape index (κ3) is 8.56. The zero-order valence-electron chi connectivity index (χ0n) is 21.5. The topological polar surface area (TPSA) is 105 Å². The Balaban J connectivity index is 0.00000103. The number of benzene rings is 1. The van der Waals surface area contributed by atoms with E-state index in [1.165, 1.54) is 11.8 Å². The number of nitrogens with one attached hydrogen (secondary N) is 3. The van der Waals surface area contributed by atoms with Gasteiger partial charge in [0.05, 0.1) is 0 Å². The number of hydrazine groups is 1. The van der Waals surface area contributed by atoms with Crippen molar-refractivity contribution in [3.05, 3.63) is 42.7 Å². The number of hydrogen-bond acceptors (Lipinski definition) is 7. The van der Waals surface area contributed by atoms with Gasteiger partial charge in [-0.1, -0.05) is 39.5 Å². The van der Waals surface area contributed by atoms with Gasteiger partial charge in [-0.15, -0.1) is 0 Å². The van der Waals surface area contributed by atoms with Crippen LogP contribution in [0.25, 0.3) is 5.65 Å². The molecule has 1 aromatic carbocycles. The molecular formula is C25H37N7O2S. The second kappa shape index (κ2) is 15.0. The molecule has 35 heavy (non-hydrogen) atoms. The molecule has 1 aliphatic rings. The summed E-state index contributed by atoms with van der Waals surface area (Å²) in [7, 11) is 1.78. The average molecular weight is 500 g/mol. The summed E-state index contributed by atoms with van der Waals surface area (Å²) in [5, 5.41) is 3.57. The van der Waals surface area contributed by atoms with Crippen molar-refractivity contribution in [1.82, 2.24) is 25.2 Å². The van der Waals surface area contributed by atoms with Crippen molar-refractivity contribution in [2.45, 2.75) is 76.3 Å². The Morgan fingerprint density at radius 1 is 1.14 bits per heavy atom. The third-order valence-corrected chi connectivity index (χ3v) is 5.75. The zero-order valence-corrected chi connectivity index (χ0v) is 22.3. The molecule has 2 aromatic heterocycles. The molecule has 190 valence electrons. The summed E-state index contributed by atoms with van der Waals surface area (Å²) in [4.78, 5) is 26.6. The number of nitrogens with zero attached hydrogens (tertiary/aromatic N) is 4. The highest BCUT2D eigenvalue weighted by atomic mass is 32.2. The van der Waals surface area contributed by atoms with Gasteiger partial charge in [0.2, 0.25) is 5.95 Å².